The van der Waals surface area contributed by atoms with Crippen LogP contribution in [0.3, 0.4) is 0 Å². The number of carbonyl (C=O) groups is 2. The molecule has 5 nitrogen and oxygen atoms in total. The van der Waals surface area contributed by atoms with Crippen molar-refractivity contribution in [3.63, 3.8) is 0 Å². The van der Waals surface area contributed by atoms with Crippen LogP contribution in [0.4, 0.5) is 10.1 Å². The Morgan fingerprint density at radius 3 is 2.17 bits per heavy atom. The molecule has 0 aromatic heterocycles. The summed E-state index contributed by atoms with van der Waals surface area (Å²) in [5, 5.41) is 5.28. The first kappa shape index (κ1) is 23.9. The van der Waals surface area contributed by atoms with Crippen molar-refractivity contribution in [2.45, 2.75) is 0 Å². The van der Waals surface area contributed by atoms with Crippen LogP contribution in [0, 0.1) is 5.82 Å². The van der Waals surface area contributed by atoms with Gasteiger partial charge in [-0.2, -0.15) is 0 Å². The number of halogens is 2. The standard InChI is InChI=1S/C28H20BrFN2O3/c29-23-11-5-7-13-26(23)35-21-16-14-19(15-17-21)18-25(28(34)31-20-8-2-1-3-9-20)32-27(33)22-10-4-6-12-24(22)30/h1-18H,(H,31,34)(H,32,33). The normalized spacial score (nSPS) is 11.0. The van der Waals surface area contributed by atoms with Gasteiger partial charge in [-0.05, 0) is 76.1 Å². The van der Waals surface area contributed by atoms with E-state index in [1.54, 1.807) is 54.6 Å². The fourth-order valence-corrected chi connectivity index (χ4v) is 3.53. The minimum absolute atomic E-state index is 0.0402. The van der Waals surface area contributed by atoms with E-state index in [0.717, 1.165) is 4.47 Å². The molecular formula is C28H20BrFN2O3. The van der Waals surface area contributed by atoms with Gasteiger partial charge in [-0.15, -0.1) is 0 Å². The van der Waals surface area contributed by atoms with Gasteiger partial charge in [-0.3, -0.25) is 9.59 Å². The third-order valence-electron chi connectivity index (χ3n) is 4.90. The SMILES string of the molecule is O=C(Nc1ccccc1)C(=Cc1ccc(Oc2ccccc2Br)cc1)NC(=O)c1ccccc1F. The number of nitrogens with one attached hydrogen (secondary N) is 2. The second kappa shape index (κ2) is 11.3. The van der Waals surface area contributed by atoms with Crippen molar-refractivity contribution >= 4 is 39.5 Å². The largest absolute Gasteiger partial charge is 0.456 e. The van der Waals surface area contributed by atoms with Crippen molar-refractivity contribution in [1.29, 1.82) is 0 Å². The van der Waals surface area contributed by atoms with E-state index in [1.807, 2.05) is 30.3 Å². The molecule has 0 aliphatic heterocycles. The molecule has 35 heavy (non-hydrogen) atoms. The Balaban J connectivity index is 1.58. The molecule has 174 valence electrons. The highest BCUT2D eigenvalue weighted by atomic mass is 79.9. The number of ether oxygens (including phenoxy) is 1. The summed E-state index contributed by atoms with van der Waals surface area (Å²) in [6, 6.07) is 28.9. The highest BCUT2D eigenvalue weighted by Crippen LogP contribution is 2.29. The molecule has 2 amide bonds. The zero-order valence-electron chi connectivity index (χ0n) is 18.4. The summed E-state index contributed by atoms with van der Waals surface area (Å²) in [5.41, 5.74) is 0.988. The molecule has 0 spiro atoms. The van der Waals surface area contributed by atoms with Crippen LogP contribution >= 0.6 is 15.9 Å². The Labute approximate surface area is 210 Å². The highest BCUT2D eigenvalue weighted by Gasteiger charge is 2.17. The maximum absolute atomic E-state index is 14.1. The van der Waals surface area contributed by atoms with Crippen molar-refractivity contribution in [1.82, 2.24) is 5.32 Å². The Kier molecular flexibility index (Phi) is 7.70. The number of hydrogen-bond acceptors (Lipinski definition) is 3. The molecule has 0 bridgehead atoms. The molecule has 4 aromatic rings. The van der Waals surface area contributed by atoms with Gasteiger partial charge >= 0.3 is 0 Å². The smallest absolute Gasteiger partial charge is 0.272 e. The lowest BCUT2D eigenvalue weighted by atomic mass is 10.1. The lowest BCUT2D eigenvalue weighted by molar-refractivity contribution is -0.113. The van der Waals surface area contributed by atoms with E-state index in [4.69, 9.17) is 4.74 Å². The van der Waals surface area contributed by atoms with Crippen LogP contribution in [-0.4, -0.2) is 11.8 Å². The summed E-state index contributed by atoms with van der Waals surface area (Å²) in [5.74, 6) is -0.696. The van der Waals surface area contributed by atoms with Crippen molar-refractivity contribution in [2.24, 2.45) is 0 Å². The topological polar surface area (TPSA) is 67.4 Å². The highest BCUT2D eigenvalue weighted by molar-refractivity contribution is 9.10. The number of benzene rings is 4. The lowest BCUT2D eigenvalue weighted by Gasteiger charge is -2.12. The molecular weight excluding hydrogens is 511 g/mol. The van der Waals surface area contributed by atoms with E-state index in [-0.39, 0.29) is 11.3 Å². The minimum atomic E-state index is -0.730. The predicted molar refractivity (Wildman–Crippen MR) is 138 cm³/mol. The van der Waals surface area contributed by atoms with E-state index in [1.165, 1.54) is 24.3 Å². The number of carbonyl (C=O) groups excluding carboxylic acids is 2. The molecule has 0 fully saturated rings. The van der Waals surface area contributed by atoms with Gasteiger partial charge in [0.15, 0.2) is 0 Å². The zero-order chi connectivity index (χ0) is 24.6. The van der Waals surface area contributed by atoms with E-state index in [9.17, 15) is 14.0 Å². The van der Waals surface area contributed by atoms with Crippen LogP contribution in [-0.2, 0) is 4.79 Å². The molecule has 0 aliphatic carbocycles. The van der Waals surface area contributed by atoms with Gasteiger partial charge in [0.25, 0.3) is 11.8 Å². The summed E-state index contributed by atoms with van der Waals surface area (Å²) in [6.45, 7) is 0. The van der Waals surface area contributed by atoms with E-state index in [2.05, 4.69) is 26.6 Å². The Bertz CT molecular complexity index is 1370. The van der Waals surface area contributed by atoms with Gasteiger partial charge < -0.3 is 15.4 Å². The van der Waals surface area contributed by atoms with Crippen molar-refractivity contribution in [3.8, 4) is 11.5 Å². The van der Waals surface area contributed by atoms with E-state index >= 15 is 0 Å². The Morgan fingerprint density at radius 2 is 1.46 bits per heavy atom. The van der Waals surface area contributed by atoms with Crippen LogP contribution in [0.15, 0.2) is 113 Å². The molecule has 0 heterocycles. The molecule has 4 rings (SSSR count). The molecule has 0 saturated heterocycles. The van der Waals surface area contributed by atoms with Crippen LogP contribution in [0.1, 0.15) is 15.9 Å². The van der Waals surface area contributed by atoms with Gasteiger partial charge in [0.2, 0.25) is 0 Å². The van der Waals surface area contributed by atoms with Crippen LogP contribution in [0.2, 0.25) is 0 Å². The molecule has 0 aliphatic rings. The second-order valence-electron chi connectivity index (χ2n) is 7.41. The second-order valence-corrected chi connectivity index (χ2v) is 8.27. The van der Waals surface area contributed by atoms with Crippen LogP contribution < -0.4 is 15.4 Å². The number of amides is 2. The number of anilines is 1. The number of para-hydroxylation sites is 2. The summed E-state index contributed by atoms with van der Waals surface area (Å²) in [4.78, 5) is 25.7. The van der Waals surface area contributed by atoms with Crippen LogP contribution in [0.25, 0.3) is 6.08 Å². The predicted octanol–water partition coefficient (Wildman–Crippen LogP) is 6.79. The van der Waals surface area contributed by atoms with Crippen molar-refractivity contribution in [3.05, 3.63) is 130 Å². The zero-order valence-corrected chi connectivity index (χ0v) is 20.0. The molecule has 0 atom stereocenters. The minimum Gasteiger partial charge on any atom is -0.456 e. The summed E-state index contributed by atoms with van der Waals surface area (Å²) >= 11 is 3.45. The third-order valence-corrected chi connectivity index (χ3v) is 5.55. The van der Waals surface area contributed by atoms with Gasteiger partial charge in [0.1, 0.15) is 23.0 Å². The number of hydrogen-bond donors (Lipinski definition) is 2. The van der Waals surface area contributed by atoms with Gasteiger partial charge in [-0.25, -0.2) is 4.39 Å². The molecule has 4 aromatic carbocycles. The lowest BCUT2D eigenvalue weighted by Crippen LogP contribution is -2.31. The first-order valence-corrected chi connectivity index (χ1v) is 11.5. The molecule has 2 N–H and O–H groups in total. The van der Waals surface area contributed by atoms with Crippen molar-refractivity contribution < 1.29 is 18.7 Å². The first-order valence-electron chi connectivity index (χ1n) is 10.7. The summed E-state index contributed by atoms with van der Waals surface area (Å²) in [7, 11) is 0. The summed E-state index contributed by atoms with van der Waals surface area (Å²) in [6.07, 6.45) is 1.51. The van der Waals surface area contributed by atoms with Gasteiger partial charge in [0, 0.05) is 5.69 Å². The molecule has 0 unspecified atom stereocenters. The maximum atomic E-state index is 14.1. The fraction of sp³-hybridized carbons (Fsp3) is 0. The monoisotopic (exact) mass is 530 g/mol. The first-order chi connectivity index (χ1) is 17.0. The van der Waals surface area contributed by atoms with E-state index in [0.29, 0.717) is 22.7 Å². The van der Waals surface area contributed by atoms with Crippen molar-refractivity contribution in [2.75, 3.05) is 5.32 Å². The summed E-state index contributed by atoms with van der Waals surface area (Å²) < 4.78 is 20.8. The average Bonchev–Trinajstić information content (AvgIpc) is 2.87. The molecule has 7 heteroatoms. The Morgan fingerprint density at radius 1 is 0.800 bits per heavy atom. The number of rotatable bonds is 7. The third kappa shape index (κ3) is 6.43. The molecule has 0 saturated carbocycles. The van der Waals surface area contributed by atoms with Gasteiger partial charge in [-0.1, -0.05) is 54.6 Å². The van der Waals surface area contributed by atoms with Gasteiger partial charge in [0.05, 0.1) is 10.0 Å². The average molecular weight is 531 g/mol. The van der Waals surface area contributed by atoms with E-state index < -0.39 is 17.6 Å². The van der Waals surface area contributed by atoms with Crippen LogP contribution in [0.5, 0.6) is 11.5 Å². The maximum Gasteiger partial charge on any atom is 0.272 e. The Hall–Kier alpha value is -4.23. The quantitative estimate of drug-likeness (QED) is 0.258. The molecule has 0 radical (unpaired) electrons. The fourth-order valence-electron chi connectivity index (χ4n) is 3.17.